The fourth-order valence-corrected chi connectivity index (χ4v) is 7.58. The van der Waals surface area contributed by atoms with Gasteiger partial charge < -0.3 is 85.9 Å². The molecule has 0 saturated carbocycles. The molecule has 0 spiro atoms. The Balaban J connectivity index is 3.58. The molecule has 1 saturated heterocycles. The number of hydrogen-bond donors (Lipinski definition) is 16. The Bertz CT molecular complexity index is 1870. The van der Waals surface area contributed by atoms with Crippen LogP contribution in [0.4, 0.5) is 0 Å². The molecule has 0 aromatic carbocycles. The van der Waals surface area contributed by atoms with Crippen molar-refractivity contribution in [3.63, 3.8) is 0 Å². The van der Waals surface area contributed by atoms with Gasteiger partial charge in [0.2, 0.25) is 65.0 Å². The third-order valence-corrected chi connectivity index (χ3v) is 11.9. The summed E-state index contributed by atoms with van der Waals surface area (Å²) in [4.78, 5) is 148. The second kappa shape index (κ2) is 35.2. The molecule has 11 amide bonds. The summed E-state index contributed by atoms with van der Waals surface area (Å²) >= 11 is 0. The molecule has 0 unspecified atom stereocenters. The van der Waals surface area contributed by atoms with Crippen molar-refractivity contribution in [2.24, 2.45) is 23.1 Å². The third kappa shape index (κ3) is 24.3. The Labute approximate surface area is 433 Å². The first kappa shape index (κ1) is 66.0. The van der Waals surface area contributed by atoms with E-state index >= 15 is 0 Å². The molecule has 27 heteroatoms. The van der Waals surface area contributed by atoms with E-state index in [1.807, 2.05) is 0 Å². The van der Waals surface area contributed by atoms with Gasteiger partial charge in [-0.1, -0.05) is 53.4 Å². The van der Waals surface area contributed by atoms with E-state index in [-0.39, 0.29) is 70.0 Å². The average Bonchev–Trinajstić information content (AvgIpc) is 3.33. The largest absolute Gasteiger partial charge is 0.391 e. The average molecular weight is 1060 g/mol. The first-order chi connectivity index (χ1) is 34.9. The number of aliphatic hydroxyl groups is 2. The van der Waals surface area contributed by atoms with Crippen LogP contribution in [0, 0.1) is 5.92 Å². The predicted octanol–water partition coefficient (Wildman–Crippen LogP) is -5.37. The van der Waals surface area contributed by atoms with Crippen LogP contribution in [0.2, 0.25) is 0 Å². The van der Waals surface area contributed by atoms with Gasteiger partial charge in [0.15, 0.2) is 0 Å². The van der Waals surface area contributed by atoms with E-state index in [9.17, 15) is 63.0 Å². The van der Waals surface area contributed by atoms with Crippen LogP contribution in [0.25, 0.3) is 0 Å². The highest BCUT2D eigenvalue weighted by atomic mass is 16.3. The standard InChI is InChI=1S/C47H86N14O13/c1-8-10-11-12-13-14-35(64)53-26(5)39(66)60-38(28(7)63)47(74)59-32(17-21-50)43(70)58-33-18-22-51-46(73)37(27(6)62)61-41(68)29(9-2)55-42(69)31(16-20-49)57-45(72)34(23-25(3)4)54-36(65)24-52-40(67)30(15-19-48)56-44(33)71/h25-34,37-38,62-63H,8-24,48-50H2,1-7H3,(H,51,73)(H,52,67)(H,53,64)(H,54,65)(H,55,69)(H,56,71)(H,57,72)(H,58,70)(H,59,74)(H,60,66)(H,61,68)/t26-,27+,28+,29-,30-,31-,32-,33-,34-,37-,38-/m0/s1. The first-order valence-electron chi connectivity index (χ1n) is 25.7. The van der Waals surface area contributed by atoms with E-state index in [1.54, 1.807) is 20.8 Å². The Hall–Kier alpha value is -6.03. The van der Waals surface area contributed by atoms with Gasteiger partial charge in [0, 0.05) is 13.0 Å². The SMILES string of the molecule is CCCCCCCC(=O)N[C@@H](C)C(=O)N[C@H](C(=O)N[C@@H](CCN)C(=O)N[C@H]1CCNC(=O)[C@H]([C@@H](C)O)NC(=O)[C@H](CC)NC(=O)[C@H](CCN)NC(=O)[C@H](CC(C)C)NC(=O)CNC(=O)[C@H](CCN)NC1=O)[C@@H](C)O. The number of nitrogens with two attached hydrogens (primary N) is 3. The molecule has 1 aliphatic rings. The predicted molar refractivity (Wildman–Crippen MR) is 271 cm³/mol. The zero-order chi connectivity index (χ0) is 56.1. The van der Waals surface area contributed by atoms with Crippen molar-refractivity contribution in [1.82, 2.24) is 58.5 Å². The lowest BCUT2D eigenvalue weighted by atomic mass is 10.0. The van der Waals surface area contributed by atoms with Gasteiger partial charge in [-0.05, 0) is 91.3 Å². The maximum Gasteiger partial charge on any atom is 0.245 e. The molecule has 0 aromatic heterocycles. The fourth-order valence-electron chi connectivity index (χ4n) is 7.58. The summed E-state index contributed by atoms with van der Waals surface area (Å²) in [5, 5.41) is 48.5. The van der Waals surface area contributed by atoms with Crippen LogP contribution < -0.4 is 75.7 Å². The molecule has 1 fully saturated rings. The fraction of sp³-hybridized carbons (Fsp3) is 0.766. The smallest absolute Gasteiger partial charge is 0.245 e. The monoisotopic (exact) mass is 1050 g/mol. The van der Waals surface area contributed by atoms with Crippen molar-refractivity contribution in [2.45, 2.75) is 192 Å². The molecule has 1 rings (SSSR count). The summed E-state index contributed by atoms with van der Waals surface area (Å²) in [6.45, 7) is 9.48. The number of carbonyl (C=O) groups is 11. The van der Waals surface area contributed by atoms with Crippen LogP contribution in [-0.2, 0) is 52.7 Å². The van der Waals surface area contributed by atoms with Crippen LogP contribution >= 0.6 is 0 Å². The lowest BCUT2D eigenvalue weighted by Gasteiger charge is -2.28. The minimum Gasteiger partial charge on any atom is -0.391 e. The minimum atomic E-state index is -1.64. The van der Waals surface area contributed by atoms with E-state index in [0.29, 0.717) is 6.42 Å². The summed E-state index contributed by atoms with van der Waals surface area (Å²) in [7, 11) is 0. The van der Waals surface area contributed by atoms with Crippen molar-refractivity contribution in [1.29, 1.82) is 0 Å². The Morgan fingerprint density at radius 3 is 1.77 bits per heavy atom. The van der Waals surface area contributed by atoms with E-state index in [1.165, 1.54) is 20.8 Å². The van der Waals surface area contributed by atoms with Gasteiger partial charge in [0.1, 0.15) is 54.4 Å². The Morgan fingerprint density at radius 2 is 1.20 bits per heavy atom. The van der Waals surface area contributed by atoms with Gasteiger partial charge >= 0.3 is 0 Å². The van der Waals surface area contributed by atoms with Gasteiger partial charge in [-0.3, -0.25) is 52.7 Å². The lowest BCUT2D eigenvalue weighted by molar-refractivity contribution is -0.136. The quantitative estimate of drug-likeness (QED) is 0.0401. The van der Waals surface area contributed by atoms with Gasteiger partial charge in [0.25, 0.3) is 0 Å². The van der Waals surface area contributed by atoms with Crippen molar-refractivity contribution >= 4 is 65.0 Å². The van der Waals surface area contributed by atoms with E-state index < -0.39 is 145 Å². The van der Waals surface area contributed by atoms with Gasteiger partial charge in [-0.2, -0.15) is 0 Å². The third-order valence-electron chi connectivity index (χ3n) is 11.9. The molecule has 27 nitrogen and oxygen atoms in total. The normalized spacial score (nSPS) is 23.1. The molecule has 0 aliphatic carbocycles. The molecule has 1 heterocycles. The van der Waals surface area contributed by atoms with Crippen molar-refractivity contribution in [2.75, 3.05) is 32.7 Å². The topological polar surface area (TPSA) is 439 Å². The molecular weight excluding hydrogens is 969 g/mol. The van der Waals surface area contributed by atoms with Crippen LogP contribution in [-0.4, -0.2) is 175 Å². The zero-order valence-corrected chi connectivity index (χ0v) is 44.1. The summed E-state index contributed by atoms with van der Waals surface area (Å²) in [6.07, 6.45) is 0.812. The molecule has 19 N–H and O–H groups in total. The van der Waals surface area contributed by atoms with Gasteiger partial charge in [-0.25, -0.2) is 0 Å². The number of hydrogen-bond acceptors (Lipinski definition) is 16. The number of nitrogens with one attached hydrogen (secondary N) is 11. The molecule has 422 valence electrons. The number of unbranched alkanes of at least 4 members (excludes halogenated alkanes) is 4. The summed E-state index contributed by atoms with van der Waals surface area (Å²) in [5.41, 5.74) is 17.4. The van der Waals surface area contributed by atoms with Crippen molar-refractivity contribution in [3.05, 3.63) is 0 Å². The number of rotatable bonds is 24. The van der Waals surface area contributed by atoms with E-state index in [2.05, 4.69) is 65.4 Å². The Morgan fingerprint density at radius 1 is 0.622 bits per heavy atom. The minimum absolute atomic E-state index is 0.00741. The molecule has 74 heavy (non-hydrogen) atoms. The van der Waals surface area contributed by atoms with E-state index in [0.717, 1.165) is 25.7 Å². The van der Waals surface area contributed by atoms with Gasteiger partial charge in [-0.15, -0.1) is 0 Å². The van der Waals surface area contributed by atoms with Crippen molar-refractivity contribution in [3.8, 4) is 0 Å². The van der Waals surface area contributed by atoms with E-state index in [4.69, 9.17) is 17.2 Å². The highest BCUT2D eigenvalue weighted by Gasteiger charge is 2.36. The molecule has 11 atom stereocenters. The van der Waals surface area contributed by atoms with Crippen LogP contribution in [0.3, 0.4) is 0 Å². The second-order valence-corrected chi connectivity index (χ2v) is 18.9. The highest BCUT2D eigenvalue weighted by Crippen LogP contribution is 2.09. The highest BCUT2D eigenvalue weighted by molar-refractivity contribution is 5.98. The lowest BCUT2D eigenvalue weighted by Crippen LogP contribution is -2.61. The van der Waals surface area contributed by atoms with Gasteiger partial charge in [0.05, 0.1) is 18.8 Å². The summed E-state index contributed by atoms with van der Waals surface area (Å²) < 4.78 is 0. The van der Waals surface area contributed by atoms with Crippen LogP contribution in [0.1, 0.15) is 126 Å². The first-order valence-corrected chi connectivity index (χ1v) is 25.7. The maximum absolute atomic E-state index is 14.1. The maximum atomic E-state index is 14.1. The molecular formula is C47H86N14O13. The number of aliphatic hydroxyl groups excluding tert-OH is 2. The van der Waals surface area contributed by atoms with Crippen molar-refractivity contribution < 1.29 is 63.0 Å². The molecule has 0 aromatic rings. The number of carbonyl (C=O) groups excluding carboxylic acids is 11. The molecule has 0 bridgehead atoms. The van der Waals surface area contributed by atoms with Crippen LogP contribution in [0.15, 0.2) is 0 Å². The zero-order valence-electron chi connectivity index (χ0n) is 44.1. The Kier molecular flexibility index (Phi) is 31.4. The molecule has 0 radical (unpaired) electrons. The molecule has 1 aliphatic heterocycles. The van der Waals surface area contributed by atoms with Crippen LogP contribution in [0.5, 0.6) is 0 Å². The summed E-state index contributed by atoms with van der Waals surface area (Å²) in [6, 6.07) is -12.7. The summed E-state index contributed by atoms with van der Waals surface area (Å²) in [5.74, 6) is -9.50. The number of amides is 11. The second-order valence-electron chi connectivity index (χ2n) is 18.9.